The fourth-order valence-electron chi connectivity index (χ4n) is 2.22. The quantitative estimate of drug-likeness (QED) is 0.688. The van der Waals surface area contributed by atoms with Crippen LogP contribution in [-0.4, -0.2) is 14.5 Å². The van der Waals surface area contributed by atoms with Gasteiger partial charge in [0.2, 0.25) is 0 Å². The Morgan fingerprint density at radius 2 is 2.22 bits per heavy atom. The highest BCUT2D eigenvalue weighted by Crippen LogP contribution is 2.19. The van der Waals surface area contributed by atoms with E-state index in [0.29, 0.717) is 0 Å². The first kappa shape index (κ1) is 10.9. The van der Waals surface area contributed by atoms with Gasteiger partial charge in [0.15, 0.2) is 0 Å². The van der Waals surface area contributed by atoms with Crippen molar-refractivity contribution < 1.29 is 0 Å². The second-order valence-electron chi connectivity index (χ2n) is 4.55. The number of benzene rings is 1. The second-order valence-corrected chi connectivity index (χ2v) is 4.55. The van der Waals surface area contributed by atoms with Gasteiger partial charge in [-0.2, -0.15) is 0 Å². The van der Waals surface area contributed by atoms with Gasteiger partial charge in [0, 0.05) is 41.2 Å². The highest BCUT2D eigenvalue weighted by molar-refractivity contribution is 5.83. The number of H-pyrrole nitrogens is 1. The summed E-state index contributed by atoms with van der Waals surface area (Å²) in [4.78, 5) is 7.46. The Kier molecular flexibility index (Phi) is 2.76. The van der Waals surface area contributed by atoms with Crippen LogP contribution in [0.4, 0.5) is 5.69 Å². The fourth-order valence-corrected chi connectivity index (χ4v) is 2.22. The number of aryl methyl sites for hydroxylation is 2. The summed E-state index contributed by atoms with van der Waals surface area (Å²) >= 11 is 0. The summed E-state index contributed by atoms with van der Waals surface area (Å²) in [5.41, 5.74) is 9.00. The molecule has 0 bridgehead atoms. The van der Waals surface area contributed by atoms with Crippen molar-refractivity contribution in [1.29, 1.82) is 0 Å². The summed E-state index contributed by atoms with van der Waals surface area (Å²) in [5.74, 6) is 0. The zero-order valence-electron chi connectivity index (χ0n) is 10.1. The number of fused-ring (bicyclic) bond motifs is 1. The molecule has 0 spiro atoms. The van der Waals surface area contributed by atoms with Crippen molar-refractivity contribution in [2.24, 2.45) is 0 Å². The molecule has 0 radical (unpaired) electrons. The first-order chi connectivity index (χ1) is 8.81. The van der Waals surface area contributed by atoms with E-state index in [1.807, 2.05) is 36.9 Å². The van der Waals surface area contributed by atoms with Gasteiger partial charge in [-0.15, -0.1) is 0 Å². The molecule has 3 rings (SSSR count). The number of aromatic nitrogens is 3. The lowest BCUT2D eigenvalue weighted by Crippen LogP contribution is -1.96. The maximum Gasteiger partial charge on any atom is 0.0945 e. The lowest BCUT2D eigenvalue weighted by atomic mass is 10.2. The highest BCUT2D eigenvalue weighted by Gasteiger charge is 2.01. The van der Waals surface area contributed by atoms with Crippen LogP contribution in [0.3, 0.4) is 0 Å². The Morgan fingerprint density at radius 3 is 3.06 bits per heavy atom. The van der Waals surface area contributed by atoms with Crippen LogP contribution in [-0.2, 0) is 13.0 Å². The Balaban J connectivity index is 1.67. The van der Waals surface area contributed by atoms with Crippen molar-refractivity contribution in [2.75, 3.05) is 5.73 Å². The second kappa shape index (κ2) is 4.56. The van der Waals surface area contributed by atoms with Gasteiger partial charge in [-0.05, 0) is 37.1 Å². The number of anilines is 1. The van der Waals surface area contributed by atoms with Crippen molar-refractivity contribution in [3.63, 3.8) is 0 Å². The number of nitrogen functional groups attached to an aromatic ring is 1. The highest BCUT2D eigenvalue weighted by atomic mass is 15.0. The average Bonchev–Trinajstić information content (AvgIpc) is 2.97. The average molecular weight is 240 g/mol. The van der Waals surface area contributed by atoms with Gasteiger partial charge in [-0.1, -0.05) is 0 Å². The van der Waals surface area contributed by atoms with Gasteiger partial charge < -0.3 is 15.3 Å². The molecule has 0 saturated heterocycles. The summed E-state index contributed by atoms with van der Waals surface area (Å²) in [7, 11) is 0. The Morgan fingerprint density at radius 1 is 1.28 bits per heavy atom. The first-order valence-corrected chi connectivity index (χ1v) is 6.14. The summed E-state index contributed by atoms with van der Waals surface area (Å²) in [6.07, 6.45) is 7.79. The number of nitrogens with zero attached hydrogens (tertiary/aromatic N) is 2. The van der Waals surface area contributed by atoms with Crippen LogP contribution < -0.4 is 5.73 Å². The van der Waals surface area contributed by atoms with Gasteiger partial charge in [0.25, 0.3) is 0 Å². The number of nitrogens with two attached hydrogens (primary N) is 1. The third-order valence-corrected chi connectivity index (χ3v) is 3.12. The molecule has 2 aromatic heterocycles. The molecule has 0 unspecified atom stereocenters. The SMILES string of the molecule is Nc1ccc2[nH]c(CCCn3ccnc3)cc2c1. The molecule has 4 nitrogen and oxygen atoms in total. The Bertz CT molecular complexity index is 637. The Hall–Kier alpha value is -2.23. The smallest absolute Gasteiger partial charge is 0.0945 e. The predicted octanol–water partition coefficient (Wildman–Crippen LogP) is 2.58. The number of aromatic amines is 1. The van der Waals surface area contributed by atoms with E-state index in [4.69, 9.17) is 5.73 Å². The molecule has 1 aromatic carbocycles. The summed E-state index contributed by atoms with van der Waals surface area (Å²) in [5, 5.41) is 1.19. The van der Waals surface area contributed by atoms with E-state index in [1.54, 1.807) is 0 Å². The van der Waals surface area contributed by atoms with Crippen molar-refractivity contribution in [3.8, 4) is 0 Å². The maximum absolute atomic E-state index is 5.77. The van der Waals surface area contributed by atoms with Crippen molar-refractivity contribution in [1.82, 2.24) is 14.5 Å². The van der Waals surface area contributed by atoms with E-state index >= 15 is 0 Å². The van der Waals surface area contributed by atoms with Crippen molar-refractivity contribution >= 4 is 16.6 Å². The molecular weight excluding hydrogens is 224 g/mol. The van der Waals surface area contributed by atoms with Crippen LogP contribution in [0.2, 0.25) is 0 Å². The van der Waals surface area contributed by atoms with Crippen LogP contribution in [0.15, 0.2) is 43.0 Å². The van der Waals surface area contributed by atoms with E-state index in [9.17, 15) is 0 Å². The lowest BCUT2D eigenvalue weighted by molar-refractivity contribution is 0.638. The molecule has 3 aromatic rings. The Labute approximate surface area is 105 Å². The molecule has 3 N–H and O–H groups in total. The molecule has 18 heavy (non-hydrogen) atoms. The van der Waals surface area contributed by atoms with Crippen LogP contribution in [0.25, 0.3) is 10.9 Å². The van der Waals surface area contributed by atoms with Gasteiger partial charge in [-0.25, -0.2) is 4.98 Å². The number of nitrogens with one attached hydrogen (secondary N) is 1. The molecule has 4 heteroatoms. The van der Waals surface area contributed by atoms with Crippen LogP contribution >= 0.6 is 0 Å². The minimum Gasteiger partial charge on any atom is -0.399 e. The topological polar surface area (TPSA) is 59.6 Å². The van der Waals surface area contributed by atoms with Gasteiger partial charge in [-0.3, -0.25) is 0 Å². The molecule has 0 aliphatic rings. The maximum atomic E-state index is 5.77. The van der Waals surface area contributed by atoms with Crippen LogP contribution in [0, 0.1) is 0 Å². The molecule has 92 valence electrons. The summed E-state index contributed by atoms with van der Waals surface area (Å²) < 4.78 is 2.10. The standard InChI is InChI=1S/C14H16N4/c15-12-3-4-14-11(8-12)9-13(17-14)2-1-6-18-7-5-16-10-18/h3-5,7-10,17H,1-2,6,15H2. The molecule has 0 atom stereocenters. The van der Waals surface area contributed by atoms with E-state index in [-0.39, 0.29) is 0 Å². The molecule has 2 heterocycles. The van der Waals surface area contributed by atoms with Crippen molar-refractivity contribution in [3.05, 3.63) is 48.7 Å². The summed E-state index contributed by atoms with van der Waals surface area (Å²) in [6.45, 7) is 0.998. The molecule has 0 aliphatic carbocycles. The fraction of sp³-hybridized carbons (Fsp3) is 0.214. The predicted molar refractivity (Wildman–Crippen MR) is 73.3 cm³/mol. The lowest BCUT2D eigenvalue weighted by Gasteiger charge is -2.00. The van der Waals surface area contributed by atoms with E-state index in [1.165, 1.54) is 11.1 Å². The monoisotopic (exact) mass is 240 g/mol. The van der Waals surface area contributed by atoms with E-state index in [0.717, 1.165) is 30.6 Å². The third-order valence-electron chi connectivity index (χ3n) is 3.12. The van der Waals surface area contributed by atoms with E-state index < -0.39 is 0 Å². The number of rotatable bonds is 4. The first-order valence-electron chi connectivity index (χ1n) is 6.14. The number of hydrogen-bond donors (Lipinski definition) is 2. The minimum atomic E-state index is 0.812. The number of imidazole rings is 1. The normalized spacial score (nSPS) is 11.1. The zero-order chi connectivity index (χ0) is 12.4. The van der Waals surface area contributed by atoms with Crippen LogP contribution in [0.5, 0.6) is 0 Å². The molecule has 0 saturated carbocycles. The minimum absolute atomic E-state index is 0.812. The molecule has 0 amide bonds. The van der Waals surface area contributed by atoms with Gasteiger partial charge >= 0.3 is 0 Å². The third kappa shape index (κ3) is 2.22. The van der Waals surface area contributed by atoms with Gasteiger partial charge in [0.05, 0.1) is 6.33 Å². The molecular formula is C14H16N4. The molecule has 0 aliphatic heterocycles. The number of hydrogen-bond acceptors (Lipinski definition) is 2. The zero-order valence-corrected chi connectivity index (χ0v) is 10.1. The van der Waals surface area contributed by atoms with Gasteiger partial charge in [0.1, 0.15) is 0 Å². The van der Waals surface area contributed by atoms with Crippen molar-refractivity contribution in [2.45, 2.75) is 19.4 Å². The molecule has 0 fully saturated rings. The van der Waals surface area contributed by atoms with E-state index in [2.05, 4.69) is 20.6 Å². The largest absolute Gasteiger partial charge is 0.399 e. The summed E-state index contributed by atoms with van der Waals surface area (Å²) in [6, 6.07) is 8.14. The van der Waals surface area contributed by atoms with Crippen LogP contribution in [0.1, 0.15) is 12.1 Å².